The van der Waals surface area contributed by atoms with Crippen LogP contribution >= 0.6 is 0 Å². The Morgan fingerprint density at radius 2 is 2.26 bits per heavy atom. The predicted molar refractivity (Wildman–Crippen MR) is 75.2 cm³/mol. The lowest BCUT2D eigenvalue weighted by Gasteiger charge is -2.28. The lowest BCUT2D eigenvalue weighted by atomic mass is 9.91. The van der Waals surface area contributed by atoms with Gasteiger partial charge in [0.1, 0.15) is 0 Å². The molecule has 100 valence electrons. The summed E-state index contributed by atoms with van der Waals surface area (Å²) in [6, 6.07) is 6.71. The molecule has 19 heavy (non-hydrogen) atoms. The zero-order valence-corrected chi connectivity index (χ0v) is 10.9. The summed E-state index contributed by atoms with van der Waals surface area (Å²) in [7, 11) is 0. The number of aromatic nitrogens is 3. The molecule has 0 aromatic carbocycles. The summed E-state index contributed by atoms with van der Waals surface area (Å²) in [5.74, 6) is 0.830. The molecule has 0 aliphatic heterocycles. The first-order chi connectivity index (χ1) is 9.31. The van der Waals surface area contributed by atoms with E-state index in [1.165, 1.54) is 12.8 Å². The quantitative estimate of drug-likeness (QED) is 0.881. The number of nitrogens with zero attached hydrogens (tertiary/aromatic N) is 3. The minimum atomic E-state index is 0.336. The van der Waals surface area contributed by atoms with Crippen LogP contribution in [0.15, 0.2) is 36.8 Å². The van der Waals surface area contributed by atoms with Crippen LogP contribution in [-0.4, -0.2) is 26.8 Å². The van der Waals surface area contributed by atoms with Crippen LogP contribution in [0.25, 0.3) is 5.82 Å². The molecule has 0 spiro atoms. The largest absolute Gasteiger partial charge is 0.381 e. The SMILES string of the molecule is NC1CCCC(Nc2ccc(-n3cccn3)nc2)C1. The zero-order chi connectivity index (χ0) is 13.1. The van der Waals surface area contributed by atoms with E-state index in [2.05, 4.69) is 15.4 Å². The normalized spacial score (nSPS) is 23.2. The molecule has 1 aliphatic carbocycles. The molecule has 5 heteroatoms. The first-order valence-electron chi connectivity index (χ1n) is 6.79. The van der Waals surface area contributed by atoms with Crippen molar-refractivity contribution in [2.24, 2.45) is 5.73 Å². The minimum absolute atomic E-state index is 0.336. The number of rotatable bonds is 3. The van der Waals surface area contributed by atoms with Gasteiger partial charge in [-0.15, -0.1) is 0 Å². The standard InChI is InChI=1S/C14H19N5/c15-11-3-1-4-12(9-11)18-13-5-6-14(16-10-13)19-8-2-7-17-19/h2,5-8,10-12,18H,1,3-4,9,15H2. The van der Waals surface area contributed by atoms with Gasteiger partial charge >= 0.3 is 0 Å². The Kier molecular flexibility index (Phi) is 3.46. The van der Waals surface area contributed by atoms with E-state index in [4.69, 9.17) is 5.73 Å². The van der Waals surface area contributed by atoms with Crippen molar-refractivity contribution in [1.82, 2.24) is 14.8 Å². The maximum absolute atomic E-state index is 6.00. The fourth-order valence-corrected chi connectivity index (χ4v) is 2.61. The van der Waals surface area contributed by atoms with E-state index in [1.54, 1.807) is 10.9 Å². The van der Waals surface area contributed by atoms with Crippen molar-refractivity contribution in [1.29, 1.82) is 0 Å². The number of hydrogen-bond donors (Lipinski definition) is 2. The summed E-state index contributed by atoms with van der Waals surface area (Å²) in [4.78, 5) is 4.41. The van der Waals surface area contributed by atoms with Crippen LogP contribution in [-0.2, 0) is 0 Å². The molecule has 2 unspecified atom stereocenters. The lowest BCUT2D eigenvalue weighted by molar-refractivity contribution is 0.409. The van der Waals surface area contributed by atoms with Crippen molar-refractivity contribution in [3.8, 4) is 5.82 Å². The van der Waals surface area contributed by atoms with Crippen molar-refractivity contribution >= 4 is 5.69 Å². The highest BCUT2D eigenvalue weighted by Crippen LogP contribution is 2.21. The summed E-state index contributed by atoms with van der Waals surface area (Å²) >= 11 is 0. The molecule has 3 rings (SSSR count). The van der Waals surface area contributed by atoms with Crippen molar-refractivity contribution in [3.05, 3.63) is 36.8 Å². The first kappa shape index (κ1) is 12.2. The van der Waals surface area contributed by atoms with Gasteiger partial charge in [0.05, 0.1) is 11.9 Å². The summed E-state index contributed by atoms with van der Waals surface area (Å²) in [6.07, 6.45) is 10.1. The third kappa shape index (κ3) is 2.93. The highest BCUT2D eigenvalue weighted by atomic mass is 15.3. The van der Waals surface area contributed by atoms with Crippen LogP contribution in [0.2, 0.25) is 0 Å². The molecule has 3 N–H and O–H groups in total. The Bertz CT molecular complexity index is 505. The Morgan fingerprint density at radius 1 is 1.32 bits per heavy atom. The van der Waals surface area contributed by atoms with E-state index in [-0.39, 0.29) is 0 Å². The Labute approximate surface area is 112 Å². The van der Waals surface area contributed by atoms with Gasteiger partial charge in [-0.25, -0.2) is 9.67 Å². The number of anilines is 1. The number of nitrogens with one attached hydrogen (secondary N) is 1. The topological polar surface area (TPSA) is 68.8 Å². The number of pyridine rings is 1. The van der Waals surface area contributed by atoms with E-state index in [9.17, 15) is 0 Å². The van der Waals surface area contributed by atoms with E-state index in [0.717, 1.165) is 24.3 Å². The molecule has 1 saturated carbocycles. The van der Waals surface area contributed by atoms with Crippen LogP contribution in [0, 0.1) is 0 Å². The average molecular weight is 257 g/mol. The highest BCUT2D eigenvalue weighted by Gasteiger charge is 2.18. The van der Waals surface area contributed by atoms with E-state index < -0.39 is 0 Å². The average Bonchev–Trinajstić information content (AvgIpc) is 2.94. The molecular weight excluding hydrogens is 238 g/mol. The lowest BCUT2D eigenvalue weighted by Crippen LogP contribution is -2.34. The molecule has 0 saturated heterocycles. The first-order valence-corrected chi connectivity index (χ1v) is 6.79. The number of hydrogen-bond acceptors (Lipinski definition) is 4. The monoisotopic (exact) mass is 257 g/mol. The maximum Gasteiger partial charge on any atom is 0.153 e. The molecule has 1 aliphatic rings. The third-order valence-electron chi connectivity index (χ3n) is 3.57. The second-order valence-corrected chi connectivity index (χ2v) is 5.12. The Hall–Kier alpha value is -1.88. The van der Waals surface area contributed by atoms with Crippen molar-refractivity contribution < 1.29 is 0 Å². The predicted octanol–water partition coefficient (Wildman–Crippen LogP) is 1.95. The maximum atomic E-state index is 6.00. The summed E-state index contributed by atoms with van der Waals surface area (Å²) < 4.78 is 1.75. The Balaban J connectivity index is 1.66. The van der Waals surface area contributed by atoms with Gasteiger partial charge in [0.2, 0.25) is 0 Å². The smallest absolute Gasteiger partial charge is 0.153 e. The van der Waals surface area contributed by atoms with Gasteiger partial charge in [-0.3, -0.25) is 0 Å². The van der Waals surface area contributed by atoms with Crippen LogP contribution in [0.3, 0.4) is 0 Å². The van der Waals surface area contributed by atoms with Gasteiger partial charge in [-0.2, -0.15) is 5.10 Å². The number of nitrogens with two attached hydrogens (primary N) is 1. The van der Waals surface area contributed by atoms with E-state index in [1.807, 2.05) is 30.6 Å². The van der Waals surface area contributed by atoms with E-state index >= 15 is 0 Å². The molecular formula is C14H19N5. The summed E-state index contributed by atoms with van der Waals surface area (Å²) in [5, 5.41) is 7.67. The highest BCUT2D eigenvalue weighted by molar-refractivity contribution is 5.44. The molecule has 2 aromatic heterocycles. The van der Waals surface area contributed by atoms with Crippen LogP contribution < -0.4 is 11.1 Å². The van der Waals surface area contributed by atoms with Gasteiger partial charge < -0.3 is 11.1 Å². The third-order valence-corrected chi connectivity index (χ3v) is 3.57. The van der Waals surface area contributed by atoms with Crippen molar-refractivity contribution in [2.45, 2.75) is 37.8 Å². The Morgan fingerprint density at radius 3 is 2.95 bits per heavy atom. The fourth-order valence-electron chi connectivity index (χ4n) is 2.61. The molecule has 2 heterocycles. The molecule has 1 fully saturated rings. The van der Waals surface area contributed by atoms with Gasteiger partial charge in [-0.1, -0.05) is 0 Å². The van der Waals surface area contributed by atoms with Crippen LogP contribution in [0.1, 0.15) is 25.7 Å². The fraction of sp³-hybridized carbons (Fsp3) is 0.429. The summed E-state index contributed by atoms with van der Waals surface area (Å²) in [6.45, 7) is 0. The van der Waals surface area contributed by atoms with Gasteiger partial charge in [-0.05, 0) is 43.9 Å². The van der Waals surface area contributed by atoms with Gasteiger partial charge in [0, 0.05) is 24.5 Å². The second-order valence-electron chi connectivity index (χ2n) is 5.12. The molecule has 2 aromatic rings. The molecule has 2 atom stereocenters. The molecule has 5 nitrogen and oxygen atoms in total. The minimum Gasteiger partial charge on any atom is -0.381 e. The molecule has 0 radical (unpaired) electrons. The van der Waals surface area contributed by atoms with Crippen molar-refractivity contribution in [3.63, 3.8) is 0 Å². The van der Waals surface area contributed by atoms with Crippen molar-refractivity contribution in [2.75, 3.05) is 5.32 Å². The summed E-state index contributed by atoms with van der Waals surface area (Å²) in [5.41, 5.74) is 7.05. The van der Waals surface area contributed by atoms with E-state index in [0.29, 0.717) is 12.1 Å². The van der Waals surface area contributed by atoms with Crippen LogP contribution in [0.5, 0.6) is 0 Å². The van der Waals surface area contributed by atoms with Crippen LogP contribution in [0.4, 0.5) is 5.69 Å². The second kappa shape index (κ2) is 5.40. The molecule has 0 amide bonds. The van der Waals surface area contributed by atoms with Gasteiger partial charge in [0.15, 0.2) is 5.82 Å². The zero-order valence-electron chi connectivity index (χ0n) is 10.9. The molecule has 0 bridgehead atoms. The van der Waals surface area contributed by atoms with Gasteiger partial charge in [0.25, 0.3) is 0 Å².